The summed E-state index contributed by atoms with van der Waals surface area (Å²) in [7, 11) is -4.11. The quantitative estimate of drug-likeness (QED) is 0.295. The third-order valence-electron chi connectivity index (χ3n) is 0.120. The first-order chi connectivity index (χ1) is 2.56. The van der Waals surface area contributed by atoms with Gasteiger partial charge >= 0.3 is 10.0 Å². The lowest BCUT2D eigenvalue weighted by Crippen LogP contribution is -1.91. The van der Waals surface area contributed by atoms with Gasteiger partial charge in [-0.15, -0.1) is 5.14 Å². The van der Waals surface area contributed by atoms with Crippen LogP contribution in [0.5, 0.6) is 0 Å². The van der Waals surface area contributed by atoms with E-state index in [1.165, 1.54) is 0 Å². The molecule has 0 heterocycles. The first-order valence-corrected chi connectivity index (χ1v) is 2.45. The average Bonchev–Trinajstić information content (AvgIpc) is 1.35. The molecule has 0 spiro atoms. The molecule has 33 valence electrons. The third-order valence-corrected chi connectivity index (χ3v) is 0.361. The van der Waals surface area contributed by atoms with Gasteiger partial charge in [-0.3, -0.25) is 0 Å². The topological polar surface area (TPSA) is 81.7 Å². The number of hydrogen-bond acceptors (Lipinski definition) is 3. The van der Waals surface area contributed by atoms with Crippen molar-refractivity contribution in [2.24, 2.45) is 0 Å². The van der Waals surface area contributed by atoms with E-state index in [4.69, 9.17) is 10.4 Å². The monoisotopic (exact) mass is 105 g/mol. The molecule has 0 aromatic rings. The van der Waals surface area contributed by atoms with Gasteiger partial charge in [0.15, 0.2) is 0 Å². The number of sulfonamides is 1. The Morgan fingerprint density at radius 1 is 1.67 bits per heavy atom. The summed E-state index contributed by atoms with van der Waals surface area (Å²) >= 11 is 0. The highest BCUT2D eigenvalue weighted by molar-refractivity contribution is 7.93. The number of thiocyanates is 1. The zero-order chi connectivity index (χ0) is 5.21. The highest BCUT2D eigenvalue weighted by Crippen LogP contribution is 1.66. The number of rotatable bonds is 0. The normalized spacial score (nSPS) is 10.0. The molecule has 1 radical (unpaired) electrons. The predicted octanol–water partition coefficient (Wildman–Crippen LogP) is -0.920. The van der Waals surface area contributed by atoms with Crippen LogP contribution in [0.1, 0.15) is 0 Å². The molecule has 0 rings (SSSR count). The van der Waals surface area contributed by atoms with Crippen LogP contribution >= 0.6 is 0 Å². The molecule has 0 amide bonds. The molecule has 0 aliphatic carbocycles. The van der Waals surface area contributed by atoms with Gasteiger partial charge in [-0.2, -0.15) is 13.7 Å². The van der Waals surface area contributed by atoms with Gasteiger partial charge in [0.2, 0.25) is 5.40 Å². The minimum atomic E-state index is -4.11. The van der Waals surface area contributed by atoms with E-state index in [-0.39, 0.29) is 0 Å². The second-order valence-electron chi connectivity index (χ2n) is 0.595. The van der Waals surface area contributed by atoms with Crippen molar-refractivity contribution in [1.29, 1.82) is 5.26 Å². The van der Waals surface area contributed by atoms with Crippen molar-refractivity contribution in [2.75, 3.05) is 0 Å². The molecule has 4 nitrogen and oxygen atoms in total. The Hall–Kier alpha value is -0.600. The highest BCUT2D eigenvalue weighted by Gasteiger charge is 1.92. The molecular weight excluding hydrogens is 104 g/mol. The first kappa shape index (κ1) is 5.40. The van der Waals surface area contributed by atoms with E-state index in [1.807, 2.05) is 0 Å². The van der Waals surface area contributed by atoms with Gasteiger partial charge in [-0.25, -0.2) is 0 Å². The molecule has 0 atom stereocenters. The first-order valence-electron chi connectivity index (χ1n) is 0.965. The van der Waals surface area contributed by atoms with Crippen molar-refractivity contribution in [3.8, 4) is 5.40 Å². The van der Waals surface area contributed by atoms with E-state index in [2.05, 4.69) is 0 Å². The van der Waals surface area contributed by atoms with Crippen molar-refractivity contribution in [3.63, 3.8) is 0 Å². The molecule has 0 saturated heterocycles. The fourth-order valence-corrected chi connectivity index (χ4v) is 0. The highest BCUT2D eigenvalue weighted by atomic mass is 32.2. The van der Waals surface area contributed by atoms with E-state index in [9.17, 15) is 8.42 Å². The van der Waals surface area contributed by atoms with Crippen LogP contribution < -0.4 is 5.14 Å². The largest absolute Gasteiger partial charge is 0.318 e. The van der Waals surface area contributed by atoms with Gasteiger partial charge in [0.1, 0.15) is 0 Å². The van der Waals surface area contributed by atoms with Crippen molar-refractivity contribution < 1.29 is 8.42 Å². The second kappa shape index (κ2) is 1.24. The van der Waals surface area contributed by atoms with Crippen LogP contribution in [0, 0.1) is 10.7 Å². The van der Waals surface area contributed by atoms with Crippen LogP contribution in [-0.2, 0) is 10.0 Å². The van der Waals surface area contributed by atoms with Crippen LogP contribution in [0.4, 0.5) is 0 Å². The fraction of sp³-hybridized carbons (Fsp3) is 0. The van der Waals surface area contributed by atoms with Gasteiger partial charge in [-0.05, 0) is 0 Å². The Kier molecular flexibility index (Phi) is 1.12. The van der Waals surface area contributed by atoms with Gasteiger partial charge in [0.05, 0.1) is 0 Å². The van der Waals surface area contributed by atoms with E-state index >= 15 is 0 Å². The Labute approximate surface area is 35.2 Å². The summed E-state index contributed by atoms with van der Waals surface area (Å²) in [5.74, 6) is 0. The summed E-state index contributed by atoms with van der Waals surface area (Å²) < 4.78 is 18.6. The van der Waals surface area contributed by atoms with Crippen molar-refractivity contribution >= 4 is 10.0 Å². The minimum Gasteiger partial charge on any atom is -0.195 e. The van der Waals surface area contributed by atoms with E-state index in [0.717, 1.165) is 5.40 Å². The summed E-state index contributed by atoms with van der Waals surface area (Å²) in [6, 6.07) is 0. The van der Waals surface area contributed by atoms with Crippen LogP contribution in [0.3, 0.4) is 0 Å². The fourth-order valence-electron chi connectivity index (χ4n) is 0. The lowest BCUT2D eigenvalue weighted by molar-refractivity contribution is 0.606. The SMILES string of the molecule is N#CS([NH])(=O)=O. The van der Waals surface area contributed by atoms with Crippen molar-refractivity contribution in [3.05, 3.63) is 0 Å². The predicted molar refractivity (Wildman–Crippen MR) is 17.6 cm³/mol. The summed E-state index contributed by atoms with van der Waals surface area (Å²) in [4.78, 5) is 0. The summed E-state index contributed by atoms with van der Waals surface area (Å²) in [5.41, 5.74) is 0. The molecule has 0 unspecified atom stereocenters. The van der Waals surface area contributed by atoms with Crippen molar-refractivity contribution in [1.82, 2.24) is 5.14 Å². The standard InChI is InChI=1S/CHN2O2S/c2-1-6(3,4)5/h3H. The average molecular weight is 105 g/mol. The maximum atomic E-state index is 9.31. The maximum Gasteiger partial charge on any atom is 0.318 e. The molecule has 6 heavy (non-hydrogen) atoms. The molecule has 0 aromatic heterocycles. The number of nitrogens with zero attached hydrogens (tertiary/aromatic N) is 1. The van der Waals surface area contributed by atoms with Gasteiger partial charge in [0, 0.05) is 0 Å². The maximum absolute atomic E-state index is 9.31. The summed E-state index contributed by atoms with van der Waals surface area (Å²) in [5, 5.41) is 13.9. The molecular formula is CHN2O2S. The zero-order valence-corrected chi connectivity index (χ0v) is 3.49. The minimum absolute atomic E-state index is 0.743. The Morgan fingerprint density at radius 2 is 1.83 bits per heavy atom. The molecule has 0 aliphatic rings. The van der Waals surface area contributed by atoms with Crippen molar-refractivity contribution in [2.45, 2.75) is 0 Å². The molecule has 0 saturated carbocycles. The second-order valence-corrected chi connectivity index (χ2v) is 1.78. The molecule has 1 N–H and O–H groups in total. The Morgan fingerprint density at radius 3 is 1.83 bits per heavy atom. The third kappa shape index (κ3) is 3.40. The molecule has 0 aromatic carbocycles. The Bertz CT molecular complexity index is 160. The molecule has 5 heteroatoms. The van der Waals surface area contributed by atoms with E-state index in [0.29, 0.717) is 0 Å². The van der Waals surface area contributed by atoms with Crippen LogP contribution in [0.2, 0.25) is 0 Å². The van der Waals surface area contributed by atoms with Crippen LogP contribution in [0.25, 0.3) is 0 Å². The smallest absolute Gasteiger partial charge is 0.195 e. The molecule has 0 aliphatic heterocycles. The van der Waals surface area contributed by atoms with Crippen LogP contribution in [0.15, 0.2) is 0 Å². The molecule has 0 fully saturated rings. The number of hydrogen-bond donors (Lipinski definition) is 0. The summed E-state index contributed by atoms with van der Waals surface area (Å²) in [6.45, 7) is 0. The van der Waals surface area contributed by atoms with Gasteiger partial charge in [0.25, 0.3) is 0 Å². The molecule has 0 bridgehead atoms. The lowest BCUT2D eigenvalue weighted by Gasteiger charge is -1.64. The van der Waals surface area contributed by atoms with Gasteiger partial charge < -0.3 is 0 Å². The Balaban J connectivity index is 4.41. The van der Waals surface area contributed by atoms with Crippen LogP contribution in [-0.4, -0.2) is 8.42 Å². The van der Waals surface area contributed by atoms with E-state index in [1.54, 1.807) is 0 Å². The lowest BCUT2D eigenvalue weighted by atomic mass is 11.8. The number of nitriles is 1. The zero-order valence-electron chi connectivity index (χ0n) is 2.67. The van der Waals surface area contributed by atoms with E-state index < -0.39 is 10.0 Å². The number of nitrogens with one attached hydrogen (secondary N) is 1. The summed E-state index contributed by atoms with van der Waals surface area (Å²) in [6.07, 6.45) is 0. The van der Waals surface area contributed by atoms with Gasteiger partial charge in [-0.1, -0.05) is 0 Å².